The Labute approximate surface area is 64.4 Å². The van der Waals surface area contributed by atoms with Gasteiger partial charge < -0.3 is 22.6 Å². The molecule has 0 aliphatic carbocycles. The van der Waals surface area contributed by atoms with Crippen molar-refractivity contribution in [1.82, 2.24) is 0 Å². The number of ether oxygens (including phenoxy) is 1. The minimum atomic E-state index is -4.65. The fourth-order valence-corrected chi connectivity index (χ4v) is 0.773. The number of rotatable bonds is 5. The summed E-state index contributed by atoms with van der Waals surface area (Å²) in [5, 5.41) is 0. The fraction of sp³-hybridized carbons (Fsp3) is 1.00. The van der Waals surface area contributed by atoms with Gasteiger partial charge in [-0.2, -0.15) is 0 Å². The zero-order valence-corrected chi connectivity index (χ0v) is 6.74. The smallest absolute Gasteiger partial charge is 0.445 e. The van der Waals surface area contributed by atoms with Crippen LogP contribution < -0.4 is 4.90 Å². The maximum atomic E-state index is 11.7. The first-order valence-electron chi connectivity index (χ1n) is 3.47. The van der Waals surface area contributed by atoms with Crippen LogP contribution in [-0.2, 0) is 4.74 Å². The van der Waals surface area contributed by atoms with Gasteiger partial charge in [0.25, 0.3) is 0 Å². The van der Waals surface area contributed by atoms with E-state index in [1.54, 1.807) is 0 Å². The van der Waals surface area contributed by atoms with Gasteiger partial charge >= 0.3 is 6.98 Å². The highest BCUT2D eigenvalue weighted by Gasteiger charge is 2.27. The summed E-state index contributed by atoms with van der Waals surface area (Å²) in [5.74, 6) is 0. The average Bonchev–Trinajstić information content (AvgIpc) is 1.79. The minimum absolute atomic E-state index is 0.373. The highest BCUT2D eigenvalue weighted by molar-refractivity contribution is 6.58. The summed E-state index contributed by atoms with van der Waals surface area (Å²) >= 11 is 0. The van der Waals surface area contributed by atoms with E-state index < -0.39 is 13.4 Å². The molecule has 1 N–H and O–H groups in total. The zero-order valence-electron chi connectivity index (χ0n) is 6.74. The first kappa shape index (κ1) is 10.8. The summed E-state index contributed by atoms with van der Waals surface area (Å²) in [4.78, 5) is 0.444. The molecule has 0 aromatic heterocycles. The summed E-state index contributed by atoms with van der Waals surface area (Å²) < 4.78 is 39.8. The van der Waals surface area contributed by atoms with Crippen molar-refractivity contribution in [3.63, 3.8) is 0 Å². The maximum absolute atomic E-state index is 11.7. The standard InChI is InChI=1S/C5H12BF3NO/c1-10(3-4-11-2)5-6(7,8)9/h3-5H2,1-2H3/q-1/p+1. The largest absolute Gasteiger partial charge is 0.531 e. The second kappa shape index (κ2) is 4.61. The number of halogens is 3. The van der Waals surface area contributed by atoms with E-state index >= 15 is 0 Å². The summed E-state index contributed by atoms with van der Waals surface area (Å²) in [5.41, 5.74) is 0. The molecule has 0 radical (unpaired) electrons. The van der Waals surface area contributed by atoms with Crippen LogP contribution in [0.25, 0.3) is 0 Å². The van der Waals surface area contributed by atoms with Crippen molar-refractivity contribution in [1.29, 1.82) is 0 Å². The second-order valence-corrected chi connectivity index (χ2v) is 2.61. The molecule has 11 heavy (non-hydrogen) atoms. The lowest BCUT2D eigenvalue weighted by Gasteiger charge is -2.20. The van der Waals surface area contributed by atoms with E-state index in [9.17, 15) is 12.9 Å². The van der Waals surface area contributed by atoms with Gasteiger partial charge in [-0.1, -0.05) is 0 Å². The predicted octanol–water partition coefficient (Wildman–Crippen LogP) is -0.466. The van der Waals surface area contributed by atoms with Crippen molar-refractivity contribution in [3.05, 3.63) is 0 Å². The first-order valence-corrected chi connectivity index (χ1v) is 3.47. The van der Waals surface area contributed by atoms with Crippen LogP contribution in [0.1, 0.15) is 0 Å². The van der Waals surface area contributed by atoms with Gasteiger partial charge in [-0.25, -0.2) is 0 Å². The number of likely N-dealkylation sites (N-methyl/N-ethyl adjacent to an activating group) is 1. The van der Waals surface area contributed by atoms with Gasteiger partial charge in [0, 0.05) is 7.11 Å². The van der Waals surface area contributed by atoms with Crippen LogP contribution in [0, 0.1) is 0 Å². The number of quaternary nitrogens is 1. The molecule has 0 aromatic rings. The molecule has 0 heterocycles. The van der Waals surface area contributed by atoms with Gasteiger partial charge in [0.05, 0.1) is 26.6 Å². The number of hydrogen-bond acceptors (Lipinski definition) is 1. The van der Waals surface area contributed by atoms with Gasteiger partial charge in [0.1, 0.15) is 0 Å². The Bertz CT molecular complexity index is 108. The Morgan fingerprint density at radius 3 is 2.27 bits per heavy atom. The van der Waals surface area contributed by atoms with Crippen LogP contribution in [0.4, 0.5) is 12.9 Å². The van der Waals surface area contributed by atoms with E-state index in [2.05, 4.69) is 4.74 Å². The number of methoxy groups -OCH3 is 1. The molecule has 6 heteroatoms. The van der Waals surface area contributed by atoms with E-state index in [0.29, 0.717) is 18.1 Å². The monoisotopic (exact) mass is 171 g/mol. The third-order valence-electron chi connectivity index (χ3n) is 1.31. The van der Waals surface area contributed by atoms with Gasteiger partial charge in [0.15, 0.2) is 0 Å². The van der Waals surface area contributed by atoms with Crippen LogP contribution in [0.2, 0.25) is 0 Å². The van der Waals surface area contributed by atoms with Gasteiger partial charge in [-0.3, -0.25) is 0 Å². The molecule has 0 amide bonds. The molecular formula is C5H13BF3NO. The van der Waals surface area contributed by atoms with E-state index in [-0.39, 0.29) is 0 Å². The first-order chi connectivity index (χ1) is 4.95. The van der Waals surface area contributed by atoms with Gasteiger partial charge in [-0.05, 0) is 0 Å². The maximum Gasteiger partial charge on any atom is 0.531 e. The molecule has 0 bridgehead atoms. The lowest BCUT2D eigenvalue weighted by Crippen LogP contribution is -3.11. The Hall–Kier alpha value is -0.225. The molecule has 0 aliphatic heterocycles. The van der Waals surface area contributed by atoms with E-state index in [0.717, 1.165) is 0 Å². The molecular weight excluding hydrogens is 158 g/mol. The lowest BCUT2D eigenvalue weighted by atomic mass is 9.91. The third-order valence-corrected chi connectivity index (χ3v) is 1.31. The molecule has 0 aromatic carbocycles. The van der Waals surface area contributed by atoms with Crippen molar-refractivity contribution in [2.75, 3.05) is 33.8 Å². The Kier molecular flexibility index (Phi) is 4.52. The summed E-state index contributed by atoms with van der Waals surface area (Å²) in [6, 6.07) is 0. The lowest BCUT2D eigenvalue weighted by molar-refractivity contribution is -0.871. The van der Waals surface area contributed by atoms with Crippen molar-refractivity contribution in [3.8, 4) is 0 Å². The highest BCUT2D eigenvalue weighted by Crippen LogP contribution is 2.03. The van der Waals surface area contributed by atoms with Crippen LogP contribution in [0.3, 0.4) is 0 Å². The van der Waals surface area contributed by atoms with Gasteiger partial charge in [0.2, 0.25) is 0 Å². The predicted molar refractivity (Wildman–Crippen MR) is 37.6 cm³/mol. The molecule has 68 valence electrons. The topological polar surface area (TPSA) is 13.7 Å². The Morgan fingerprint density at radius 1 is 1.36 bits per heavy atom. The van der Waals surface area contributed by atoms with E-state index in [1.165, 1.54) is 14.2 Å². The SMILES string of the molecule is COCC[NH+](C)C[B-](F)(F)F. The number of nitrogens with one attached hydrogen (secondary N) is 1. The van der Waals surface area contributed by atoms with Crippen molar-refractivity contribution >= 4 is 6.98 Å². The molecule has 0 fully saturated rings. The summed E-state index contributed by atoms with van der Waals surface area (Å²) in [6.07, 6.45) is -0.733. The Morgan fingerprint density at radius 2 is 1.91 bits per heavy atom. The fourth-order valence-electron chi connectivity index (χ4n) is 0.773. The zero-order chi connectivity index (χ0) is 8.91. The summed E-state index contributed by atoms with van der Waals surface area (Å²) in [6.45, 7) is -3.88. The normalized spacial score (nSPS) is 15.0. The molecule has 1 atom stereocenters. The molecule has 0 saturated heterocycles. The van der Waals surface area contributed by atoms with Crippen LogP contribution in [0.15, 0.2) is 0 Å². The van der Waals surface area contributed by atoms with Crippen LogP contribution in [0.5, 0.6) is 0 Å². The summed E-state index contributed by atoms with van der Waals surface area (Å²) in [7, 11) is 2.99. The molecule has 0 rings (SSSR count). The average molecular weight is 171 g/mol. The quantitative estimate of drug-likeness (QED) is 0.552. The van der Waals surface area contributed by atoms with Gasteiger partial charge in [-0.15, -0.1) is 0 Å². The molecule has 0 saturated carbocycles. The molecule has 1 unspecified atom stereocenters. The molecule has 0 aliphatic rings. The third kappa shape index (κ3) is 7.67. The van der Waals surface area contributed by atoms with Crippen molar-refractivity contribution < 1.29 is 22.6 Å². The second-order valence-electron chi connectivity index (χ2n) is 2.61. The number of hydrogen-bond donors (Lipinski definition) is 1. The molecule has 0 spiro atoms. The minimum Gasteiger partial charge on any atom is -0.445 e. The highest BCUT2D eigenvalue weighted by atomic mass is 19.4. The Balaban J connectivity index is 3.44. The van der Waals surface area contributed by atoms with Crippen molar-refractivity contribution in [2.45, 2.75) is 0 Å². The van der Waals surface area contributed by atoms with Crippen molar-refractivity contribution in [2.24, 2.45) is 0 Å². The molecule has 2 nitrogen and oxygen atoms in total. The van der Waals surface area contributed by atoms with E-state index in [4.69, 9.17) is 0 Å². The van der Waals surface area contributed by atoms with E-state index in [1.807, 2.05) is 0 Å². The van der Waals surface area contributed by atoms with Crippen LogP contribution in [-0.4, -0.2) is 40.7 Å². The van der Waals surface area contributed by atoms with Crippen LogP contribution >= 0.6 is 0 Å².